The van der Waals surface area contributed by atoms with E-state index in [0.29, 0.717) is 31.6 Å². The van der Waals surface area contributed by atoms with Crippen LogP contribution >= 0.6 is 15.6 Å². The fourth-order valence-electron chi connectivity index (χ4n) is 12.8. The number of unbranched alkanes of at least 4 members (excludes halogenated alkanes) is 46. The van der Waals surface area contributed by atoms with Gasteiger partial charge in [0.15, 0.2) is 12.2 Å². The van der Waals surface area contributed by atoms with Gasteiger partial charge in [-0.05, 0) is 49.4 Å². The van der Waals surface area contributed by atoms with Gasteiger partial charge < -0.3 is 33.8 Å². The zero-order valence-electron chi connectivity index (χ0n) is 67.2. The zero-order chi connectivity index (χ0) is 75.3. The second kappa shape index (κ2) is 72.0. The van der Waals surface area contributed by atoms with Crippen molar-refractivity contribution in [3.05, 3.63) is 0 Å². The Labute approximate surface area is 626 Å². The third-order valence-corrected chi connectivity index (χ3v) is 21.2. The van der Waals surface area contributed by atoms with Crippen molar-refractivity contribution in [2.75, 3.05) is 39.6 Å². The quantitative estimate of drug-likeness (QED) is 0.0222. The van der Waals surface area contributed by atoms with Crippen molar-refractivity contribution >= 4 is 39.5 Å². The first-order chi connectivity index (χ1) is 49.1. The number of ether oxygens (including phenoxy) is 4. The van der Waals surface area contributed by atoms with Crippen LogP contribution in [0, 0.1) is 23.7 Å². The maximum atomic E-state index is 13.1. The summed E-state index contributed by atoms with van der Waals surface area (Å²) in [5.41, 5.74) is 0. The maximum absolute atomic E-state index is 13.1. The Bertz CT molecular complexity index is 1990. The van der Waals surface area contributed by atoms with Gasteiger partial charge in [0.05, 0.1) is 26.4 Å². The van der Waals surface area contributed by atoms with Gasteiger partial charge in [0.1, 0.15) is 19.3 Å². The fraction of sp³-hybridized carbons (Fsp3) is 0.952. The minimum Gasteiger partial charge on any atom is -0.462 e. The molecule has 0 amide bonds. The van der Waals surface area contributed by atoms with Crippen LogP contribution < -0.4 is 0 Å². The highest BCUT2D eigenvalue weighted by Gasteiger charge is 2.30. The van der Waals surface area contributed by atoms with Gasteiger partial charge in [-0.3, -0.25) is 37.3 Å². The topological polar surface area (TPSA) is 237 Å². The van der Waals surface area contributed by atoms with E-state index >= 15 is 0 Å². The molecule has 0 saturated heterocycles. The number of aliphatic hydroxyl groups is 1. The molecule has 0 spiro atoms. The fourth-order valence-corrected chi connectivity index (χ4v) is 14.4. The number of esters is 4. The molecule has 3 N–H and O–H groups in total. The maximum Gasteiger partial charge on any atom is 0.472 e. The predicted molar refractivity (Wildman–Crippen MR) is 418 cm³/mol. The third-order valence-electron chi connectivity index (χ3n) is 19.3. The molecule has 2 unspecified atom stereocenters. The Morgan fingerprint density at radius 2 is 0.412 bits per heavy atom. The Morgan fingerprint density at radius 3 is 0.608 bits per heavy atom. The Balaban J connectivity index is 5.21. The van der Waals surface area contributed by atoms with E-state index in [1.165, 1.54) is 225 Å². The van der Waals surface area contributed by atoms with E-state index in [1.54, 1.807) is 0 Å². The lowest BCUT2D eigenvalue weighted by atomic mass is 10.0. The molecule has 0 bridgehead atoms. The molecule has 17 nitrogen and oxygen atoms in total. The molecular formula is C83H162O17P2. The van der Waals surface area contributed by atoms with E-state index in [-0.39, 0.29) is 25.7 Å². The summed E-state index contributed by atoms with van der Waals surface area (Å²) in [5, 5.41) is 10.6. The summed E-state index contributed by atoms with van der Waals surface area (Å²) >= 11 is 0. The Kier molecular flexibility index (Phi) is 70.6. The van der Waals surface area contributed by atoms with Crippen molar-refractivity contribution in [1.29, 1.82) is 0 Å². The van der Waals surface area contributed by atoms with Gasteiger partial charge in [-0.25, -0.2) is 9.13 Å². The molecule has 0 heterocycles. The Hall–Kier alpha value is -1.94. The van der Waals surface area contributed by atoms with Crippen LogP contribution in [0.3, 0.4) is 0 Å². The van der Waals surface area contributed by atoms with Crippen molar-refractivity contribution in [2.45, 2.75) is 446 Å². The van der Waals surface area contributed by atoms with Crippen molar-refractivity contribution in [3.63, 3.8) is 0 Å². The van der Waals surface area contributed by atoms with Gasteiger partial charge in [0.25, 0.3) is 0 Å². The third kappa shape index (κ3) is 76.3. The molecule has 0 saturated carbocycles. The summed E-state index contributed by atoms with van der Waals surface area (Å²) < 4.78 is 68.7. The second-order valence-electron chi connectivity index (χ2n) is 31.8. The first-order valence-electron chi connectivity index (χ1n) is 42.7. The lowest BCUT2D eigenvalue weighted by molar-refractivity contribution is -0.161. The average Bonchev–Trinajstić information content (AvgIpc) is 0.907. The molecule has 0 aromatic carbocycles. The highest BCUT2D eigenvalue weighted by atomic mass is 31.2. The summed E-state index contributed by atoms with van der Waals surface area (Å²) in [7, 11) is -9.92. The predicted octanol–water partition coefficient (Wildman–Crippen LogP) is 24.8. The van der Waals surface area contributed by atoms with Gasteiger partial charge in [0, 0.05) is 25.7 Å². The van der Waals surface area contributed by atoms with Gasteiger partial charge in [-0.2, -0.15) is 0 Å². The van der Waals surface area contributed by atoms with Gasteiger partial charge in [0.2, 0.25) is 0 Å². The normalized spacial score (nSPS) is 14.0. The SMILES string of the molecule is CC(C)CCCCCCCCCCCCCCCCCCCCC(=O)O[C@H](COC(=O)CCCCCCCCCCCCCCCCCCC(C)C)COP(=O)(O)OC[C@@H](O)COP(=O)(O)OC[C@@H](COC(=O)CCCCCCCCC(C)C)OC(=O)CCCCCCCCCCCCC(C)C. The number of phosphoric acid groups is 2. The van der Waals surface area contributed by atoms with Crippen LogP contribution in [0.4, 0.5) is 0 Å². The van der Waals surface area contributed by atoms with Gasteiger partial charge in [-0.15, -0.1) is 0 Å². The minimum atomic E-state index is -4.96. The molecule has 0 aromatic heterocycles. The van der Waals surface area contributed by atoms with E-state index in [4.69, 9.17) is 37.0 Å². The van der Waals surface area contributed by atoms with Crippen molar-refractivity contribution in [2.24, 2.45) is 23.7 Å². The van der Waals surface area contributed by atoms with E-state index in [2.05, 4.69) is 55.4 Å². The van der Waals surface area contributed by atoms with Crippen LogP contribution in [0.5, 0.6) is 0 Å². The molecule has 0 aliphatic heterocycles. The average molecular weight is 1490 g/mol. The summed E-state index contributed by atoms with van der Waals surface area (Å²) in [6.45, 7) is 14.2. The standard InChI is InChI=1S/C83H162O17P2/c1-73(2)59-51-43-35-29-23-19-15-11-9-10-12-18-22-26-33-39-49-57-65-82(87)99-78(69-93-80(85)63-55-47-38-32-25-21-17-14-13-16-20-24-30-36-44-52-60-74(3)4)71-97-101(89,90)95-67-77(84)68-96-102(91,92)98-72-79(70-94-81(86)64-56-48-42-41-46-54-62-76(7)8)100-83(88)66-58-50-40-34-28-27-31-37-45-53-61-75(5)6/h73-79,84H,9-72H2,1-8H3,(H,89,90)(H,91,92)/t77-,78-,79-/m1/s1. The lowest BCUT2D eigenvalue weighted by Crippen LogP contribution is -2.30. The molecule has 102 heavy (non-hydrogen) atoms. The smallest absolute Gasteiger partial charge is 0.462 e. The van der Waals surface area contributed by atoms with Crippen molar-refractivity contribution < 1.29 is 80.2 Å². The van der Waals surface area contributed by atoms with Crippen LogP contribution in [-0.4, -0.2) is 96.7 Å². The monoisotopic (exact) mass is 1490 g/mol. The highest BCUT2D eigenvalue weighted by molar-refractivity contribution is 7.47. The van der Waals surface area contributed by atoms with Crippen molar-refractivity contribution in [3.8, 4) is 0 Å². The lowest BCUT2D eigenvalue weighted by Gasteiger charge is -2.21. The molecule has 0 aromatic rings. The highest BCUT2D eigenvalue weighted by Crippen LogP contribution is 2.45. The number of hydrogen-bond donors (Lipinski definition) is 3. The zero-order valence-corrected chi connectivity index (χ0v) is 69.0. The van der Waals surface area contributed by atoms with Gasteiger partial charge in [-0.1, -0.05) is 376 Å². The number of aliphatic hydroxyl groups excluding tert-OH is 1. The number of hydrogen-bond acceptors (Lipinski definition) is 15. The summed E-state index contributed by atoms with van der Waals surface area (Å²) in [6, 6.07) is 0. The van der Waals surface area contributed by atoms with E-state index in [9.17, 15) is 43.2 Å². The van der Waals surface area contributed by atoms with E-state index < -0.39 is 97.5 Å². The first kappa shape index (κ1) is 100. The number of rotatable bonds is 80. The molecule has 606 valence electrons. The first-order valence-corrected chi connectivity index (χ1v) is 45.7. The second-order valence-corrected chi connectivity index (χ2v) is 34.7. The van der Waals surface area contributed by atoms with Gasteiger partial charge >= 0.3 is 39.5 Å². The molecule has 0 rings (SSSR count). The summed E-state index contributed by atoms with van der Waals surface area (Å²) in [4.78, 5) is 73.0. The summed E-state index contributed by atoms with van der Waals surface area (Å²) in [5.74, 6) is 0.950. The minimum absolute atomic E-state index is 0.105. The van der Waals surface area contributed by atoms with Crippen LogP contribution in [0.25, 0.3) is 0 Å². The molecule has 0 aliphatic carbocycles. The van der Waals surface area contributed by atoms with E-state index in [0.717, 1.165) is 114 Å². The molecule has 0 radical (unpaired) electrons. The molecule has 19 heteroatoms. The van der Waals surface area contributed by atoms with Crippen LogP contribution in [0.2, 0.25) is 0 Å². The molecule has 5 atom stereocenters. The van der Waals surface area contributed by atoms with Crippen molar-refractivity contribution in [1.82, 2.24) is 0 Å². The molecule has 0 fully saturated rings. The summed E-state index contributed by atoms with van der Waals surface area (Å²) in [6.07, 6.45) is 60.0. The van der Waals surface area contributed by atoms with Crippen LogP contribution in [-0.2, 0) is 65.4 Å². The largest absolute Gasteiger partial charge is 0.472 e. The van der Waals surface area contributed by atoms with E-state index in [1.807, 2.05) is 0 Å². The number of carbonyl (C=O) groups is 4. The number of carbonyl (C=O) groups excluding carboxylic acids is 4. The number of phosphoric ester groups is 2. The Morgan fingerprint density at radius 1 is 0.245 bits per heavy atom. The molecular weight excluding hydrogens is 1330 g/mol. The van der Waals surface area contributed by atoms with Crippen LogP contribution in [0.1, 0.15) is 428 Å². The van der Waals surface area contributed by atoms with Crippen LogP contribution in [0.15, 0.2) is 0 Å². The molecule has 0 aliphatic rings.